The molecule has 1 nitrogen and oxygen atoms in total. The average molecular weight is 217 g/mol. The van der Waals surface area contributed by atoms with E-state index < -0.39 is 6.43 Å². The fourth-order valence-electron chi connectivity index (χ4n) is 1.42. The zero-order valence-electron chi connectivity index (χ0n) is 8.51. The second-order valence-electron chi connectivity index (χ2n) is 3.31. The van der Waals surface area contributed by atoms with Gasteiger partial charge in [0.1, 0.15) is 5.82 Å². The minimum atomic E-state index is -2.36. The molecule has 0 fully saturated rings. The number of hydrogen-bond donors (Lipinski definition) is 1. The van der Waals surface area contributed by atoms with Crippen molar-refractivity contribution in [2.75, 3.05) is 6.54 Å². The van der Waals surface area contributed by atoms with Crippen molar-refractivity contribution < 1.29 is 13.2 Å². The largest absolute Gasteiger partial charge is 0.305 e. The molecule has 0 amide bonds. The molecule has 0 spiro atoms. The van der Waals surface area contributed by atoms with Crippen molar-refractivity contribution in [3.8, 4) is 0 Å². The third kappa shape index (κ3) is 3.91. The molecule has 0 aliphatic rings. The van der Waals surface area contributed by atoms with E-state index in [1.54, 1.807) is 12.1 Å². The molecule has 1 N–H and O–H groups in total. The van der Waals surface area contributed by atoms with Gasteiger partial charge in [0.05, 0.1) is 6.54 Å². The maximum Gasteiger partial charge on any atom is 0.250 e. The Bertz CT molecular complexity index is 284. The Morgan fingerprint density at radius 3 is 2.27 bits per heavy atom. The summed E-state index contributed by atoms with van der Waals surface area (Å²) in [5.41, 5.74) is 0.833. The zero-order valence-corrected chi connectivity index (χ0v) is 8.51. The molecule has 0 saturated carbocycles. The molecule has 1 rings (SSSR count). The first-order valence-electron chi connectivity index (χ1n) is 4.90. The smallest absolute Gasteiger partial charge is 0.250 e. The molecule has 84 valence electrons. The van der Waals surface area contributed by atoms with Crippen LogP contribution in [0.15, 0.2) is 24.3 Å². The van der Waals surface area contributed by atoms with Crippen LogP contribution in [0.2, 0.25) is 0 Å². The Balaban J connectivity index is 2.61. The van der Waals surface area contributed by atoms with Gasteiger partial charge in [0.25, 0.3) is 6.43 Å². The molecular weight excluding hydrogens is 203 g/mol. The number of rotatable bonds is 5. The summed E-state index contributed by atoms with van der Waals surface area (Å²) in [5, 5.41) is 2.73. The Morgan fingerprint density at radius 1 is 1.20 bits per heavy atom. The normalized spacial score (nSPS) is 13.1. The van der Waals surface area contributed by atoms with Crippen LogP contribution in [0.3, 0.4) is 0 Å². The minimum absolute atomic E-state index is 0.139. The first kappa shape index (κ1) is 12.0. The van der Waals surface area contributed by atoms with Crippen LogP contribution in [0.25, 0.3) is 0 Å². The lowest BCUT2D eigenvalue weighted by molar-refractivity contribution is 0.141. The van der Waals surface area contributed by atoms with Gasteiger partial charge >= 0.3 is 0 Å². The molecule has 1 aromatic carbocycles. The van der Waals surface area contributed by atoms with Crippen LogP contribution in [0.1, 0.15) is 24.9 Å². The van der Waals surface area contributed by atoms with E-state index in [-0.39, 0.29) is 18.4 Å². The van der Waals surface area contributed by atoms with Gasteiger partial charge in [-0.1, -0.05) is 19.1 Å². The van der Waals surface area contributed by atoms with Crippen LogP contribution in [-0.2, 0) is 0 Å². The number of benzene rings is 1. The molecule has 0 heterocycles. The van der Waals surface area contributed by atoms with Gasteiger partial charge in [-0.05, 0) is 24.1 Å². The van der Waals surface area contributed by atoms with E-state index in [1.165, 1.54) is 12.1 Å². The quantitative estimate of drug-likeness (QED) is 0.799. The summed E-state index contributed by atoms with van der Waals surface area (Å²) in [7, 11) is 0. The summed E-state index contributed by atoms with van der Waals surface area (Å²) in [6.45, 7) is 1.56. The Kier molecular flexibility index (Phi) is 4.62. The SMILES string of the molecule is CCC(NCC(F)F)c1ccc(F)cc1. The number of hydrogen-bond acceptors (Lipinski definition) is 1. The van der Waals surface area contributed by atoms with Crippen molar-refractivity contribution in [2.24, 2.45) is 0 Å². The van der Waals surface area contributed by atoms with E-state index in [1.807, 2.05) is 6.92 Å². The van der Waals surface area contributed by atoms with Gasteiger partial charge in [0.2, 0.25) is 0 Å². The average Bonchev–Trinajstić information content (AvgIpc) is 2.21. The Hall–Kier alpha value is -1.03. The highest BCUT2D eigenvalue weighted by atomic mass is 19.3. The Labute approximate surface area is 87.3 Å². The highest BCUT2D eigenvalue weighted by molar-refractivity contribution is 5.19. The lowest BCUT2D eigenvalue weighted by Gasteiger charge is -2.16. The standard InChI is InChI=1S/C11H14F3N/c1-2-10(15-7-11(13)14)8-3-5-9(12)6-4-8/h3-6,10-11,15H,2,7H2,1H3. The van der Waals surface area contributed by atoms with Crippen LogP contribution in [0.5, 0.6) is 0 Å². The number of alkyl halides is 2. The summed E-state index contributed by atoms with van der Waals surface area (Å²) in [5.74, 6) is -0.317. The highest BCUT2D eigenvalue weighted by Gasteiger charge is 2.11. The van der Waals surface area contributed by atoms with Crippen LogP contribution in [0, 0.1) is 5.82 Å². The summed E-state index contributed by atoms with van der Waals surface area (Å²) >= 11 is 0. The predicted octanol–water partition coefficient (Wildman–Crippen LogP) is 3.13. The van der Waals surface area contributed by atoms with Gasteiger partial charge in [-0.2, -0.15) is 0 Å². The molecule has 0 aromatic heterocycles. The summed E-state index contributed by atoms with van der Waals surface area (Å²) < 4.78 is 36.6. The second-order valence-corrected chi connectivity index (χ2v) is 3.31. The predicted molar refractivity (Wildman–Crippen MR) is 53.4 cm³/mol. The van der Waals surface area contributed by atoms with Crippen LogP contribution in [-0.4, -0.2) is 13.0 Å². The summed E-state index contributed by atoms with van der Waals surface area (Å²) in [6.07, 6.45) is -1.67. The lowest BCUT2D eigenvalue weighted by Crippen LogP contribution is -2.26. The topological polar surface area (TPSA) is 12.0 Å². The molecule has 0 aliphatic carbocycles. The molecule has 1 atom stereocenters. The van der Waals surface area contributed by atoms with Crippen LogP contribution < -0.4 is 5.32 Å². The molecule has 0 bridgehead atoms. The van der Waals surface area contributed by atoms with Crippen molar-refractivity contribution >= 4 is 0 Å². The van der Waals surface area contributed by atoms with Gasteiger partial charge in [0.15, 0.2) is 0 Å². The fraction of sp³-hybridized carbons (Fsp3) is 0.455. The summed E-state index contributed by atoms with van der Waals surface area (Å²) in [6, 6.07) is 5.76. The van der Waals surface area contributed by atoms with E-state index in [4.69, 9.17) is 0 Å². The van der Waals surface area contributed by atoms with E-state index in [0.717, 1.165) is 5.56 Å². The van der Waals surface area contributed by atoms with Crippen molar-refractivity contribution in [2.45, 2.75) is 25.8 Å². The second kappa shape index (κ2) is 5.75. The van der Waals surface area contributed by atoms with Crippen molar-refractivity contribution in [1.82, 2.24) is 5.32 Å². The first-order valence-corrected chi connectivity index (χ1v) is 4.90. The third-order valence-corrected chi connectivity index (χ3v) is 2.20. The molecule has 4 heteroatoms. The molecule has 15 heavy (non-hydrogen) atoms. The molecule has 1 aromatic rings. The van der Waals surface area contributed by atoms with Crippen LogP contribution in [0.4, 0.5) is 13.2 Å². The maximum absolute atomic E-state index is 12.6. The molecule has 1 unspecified atom stereocenters. The number of nitrogens with one attached hydrogen (secondary N) is 1. The van der Waals surface area contributed by atoms with E-state index in [9.17, 15) is 13.2 Å². The first-order chi connectivity index (χ1) is 7.13. The van der Waals surface area contributed by atoms with Crippen molar-refractivity contribution in [3.05, 3.63) is 35.6 Å². The van der Waals surface area contributed by atoms with E-state index in [2.05, 4.69) is 5.32 Å². The van der Waals surface area contributed by atoms with Gasteiger partial charge in [-0.15, -0.1) is 0 Å². The van der Waals surface area contributed by atoms with Crippen LogP contribution >= 0.6 is 0 Å². The molecule has 0 saturated heterocycles. The lowest BCUT2D eigenvalue weighted by atomic mass is 10.0. The highest BCUT2D eigenvalue weighted by Crippen LogP contribution is 2.16. The Morgan fingerprint density at radius 2 is 1.80 bits per heavy atom. The van der Waals surface area contributed by atoms with Gasteiger partial charge in [-0.25, -0.2) is 13.2 Å². The summed E-state index contributed by atoms with van der Waals surface area (Å²) in [4.78, 5) is 0. The number of halogens is 3. The zero-order chi connectivity index (χ0) is 11.3. The molecular formula is C11H14F3N. The third-order valence-electron chi connectivity index (χ3n) is 2.20. The minimum Gasteiger partial charge on any atom is -0.305 e. The molecule has 0 aliphatic heterocycles. The maximum atomic E-state index is 12.6. The van der Waals surface area contributed by atoms with Crippen molar-refractivity contribution in [1.29, 1.82) is 0 Å². The van der Waals surface area contributed by atoms with Gasteiger partial charge < -0.3 is 5.32 Å². The van der Waals surface area contributed by atoms with Gasteiger partial charge in [-0.3, -0.25) is 0 Å². The fourth-order valence-corrected chi connectivity index (χ4v) is 1.42. The van der Waals surface area contributed by atoms with E-state index >= 15 is 0 Å². The van der Waals surface area contributed by atoms with Crippen molar-refractivity contribution in [3.63, 3.8) is 0 Å². The van der Waals surface area contributed by atoms with E-state index in [0.29, 0.717) is 6.42 Å². The molecule has 0 radical (unpaired) electrons. The van der Waals surface area contributed by atoms with Gasteiger partial charge in [0, 0.05) is 6.04 Å². The monoisotopic (exact) mass is 217 g/mol.